The molecule has 3 saturated carbocycles. The molecule has 90 valence electrons. The molecule has 1 atom stereocenters. The van der Waals surface area contributed by atoms with E-state index >= 15 is 0 Å². The lowest BCUT2D eigenvalue weighted by Gasteiger charge is -2.62. The molecule has 4 rings (SSSR count). The van der Waals surface area contributed by atoms with Gasteiger partial charge in [0, 0.05) is 0 Å². The Morgan fingerprint density at radius 1 is 1.00 bits per heavy atom. The summed E-state index contributed by atoms with van der Waals surface area (Å²) in [6.07, 6.45) is 8.75. The van der Waals surface area contributed by atoms with Crippen molar-refractivity contribution < 1.29 is 0 Å². The molecule has 2 bridgehead atoms. The number of rotatable bonds is 0. The van der Waals surface area contributed by atoms with Crippen LogP contribution in [-0.2, 0) is 0 Å². The predicted octanol–water partition coefficient (Wildman–Crippen LogP) is 4.95. The number of hydrogen-bond acceptors (Lipinski definition) is 0. The first-order valence-corrected chi connectivity index (χ1v) is 7.17. The van der Waals surface area contributed by atoms with Crippen LogP contribution in [0.1, 0.15) is 66.2 Å². The monoisotopic (exact) mass is 218 g/mol. The van der Waals surface area contributed by atoms with E-state index in [2.05, 4.69) is 27.7 Å². The molecule has 0 aromatic carbocycles. The Kier molecular flexibility index (Phi) is 2.14. The maximum absolute atomic E-state index is 2.60. The fourth-order valence-electron chi connectivity index (χ4n) is 5.21. The summed E-state index contributed by atoms with van der Waals surface area (Å²) in [7, 11) is 0. The van der Waals surface area contributed by atoms with E-state index in [1.165, 1.54) is 38.5 Å². The van der Waals surface area contributed by atoms with E-state index < -0.39 is 0 Å². The normalized spacial score (nSPS) is 45.8. The first kappa shape index (κ1) is 10.9. The fraction of sp³-hybridized carbons (Fsp3) is 0.875. The third kappa shape index (κ3) is 1.11. The van der Waals surface area contributed by atoms with Gasteiger partial charge in [-0.05, 0) is 68.1 Å². The topological polar surface area (TPSA) is 0 Å². The average molecular weight is 218 g/mol. The SMILES string of the molecule is CC1=C2C3CCC(CC3)C2(C)C(C)(C)CC1. The predicted molar refractivity (Wildman–Crippen MR) is 69.3 cm³/mol. The summed E-state index contributed by atoms with van der Waals surface area (Å²) < 4.78 is 0. The molecule has 4 aliphatic carbocycles. The number of fused-ring (bicyclic) bond motifs is 2. The van der Waals surface area contributed by atoms with Gasteiger partial charge in [-0.3, -0.25) is 0 Å². The smallest absolute Gasteiger partial charge is 0.00316 e. The van der Waals surface area contributed by atoms with Crippen molar-refractivity contribution in [3.63, 3.8) is 0 Å². The molecule has 0 saturated heterocycles. The van der Waals surface area contributed by atoms with E-state index in [9.17, 15) is 0 Å². The molecule has 0 N–H and O–H groups in total. The van der Waals surface area contributed by atoms with Crippen molar-refractivity contribution in [2.24, 2.45) is 22.7 Å². The molecule has 0 aliphatic heterocycles. The molecular weight excluding hydrogens is 192 g/mol. The van der Waals surface area contributed by atoms with Crippen LogP contribution in [0.3, 0.4) is 0 Å². The van der Waals surface area contributed by atoms with Crippen LogP contribution in [0.25, 0.3) is 0 Å². The molecule has 0 spiro atoms. The number of allylic oxidation sites excluding steroid dienone is 2. The van der Waals surface area contributed by atoms with Gasteiger partial charge in [-0.25, -0.2) is 0 Å². The van der Waals surface area contributed by atoms with Gasteiger partial charge < -0.3 is 0 Å². The molecule has 4 aliphatic rings. The van der Waals surface area contributed by atoms with Crippen LogP contribution in [0, 0.1) is 22.7 Å². The van der Waals surface area contributed by atoms with Crippen molar-refractivity contribution in [2.45, 2.75) is 66.2 Å². The molecule has 1 unspecified atom stereocenters. The van der Waals surface area contributed by atoms with Crippen molar-refractivity contribution in [2.75, 3.05) is 0 Å². The van der Waals surface area contributed by atoms with Crippen LogP contribution in [0.2, 0.25) is 0 Å². The maximum atomic E-state index is 2.60. The van der Waals surface area contributed by atoms with Crippen molar-refractivity contribution in [1.29, 1.82) is 0 Å². The summed E-state index contributed by atoms with van der Waals surface area (Å²) in [6, 6.07) is 0. The minimum absolute atomic E-state index is 0.533. The minimum atomic E-state index is 0.533. The molecule has 0 aromatic heterocycles. The Morgan fingerprint density at radius 2 is 1.62 bits per heavy atom. The molecule has 0 radical (unpaired) electrons. The van der Waals surface area contributed by atoms with Crippen LogP contribution < -0.4 is 0 Å². The zero-order valence-electron chi connectivity index (χ0n) is 11.4. The van der Waals surface area contributed by atoms with E-state index in [1.807, 2.05) is 5.57 Å². The molecule has 0 heteroatoms. The van der Waals surface area contributed by atoms with Gasteiger partial charge in [0.25, 0.3) is 0 Å². The van der Waals surface area contributed by atoms with Crippen molar-refractivity contribution in [1.82, 2.24) is 0 Å². The molecule has 16 heavy (non-hydrogen) atoms. The largest absolute Gasteiger partial charge is 0.0732 e. The summed E-state index contributed by atoms with van der Waals surface area (Å²) in [4.78, 5) is 0. The zero-order valence-corrected chi connectivity index (χ0v) is 11.4. The van der Waals surface area contributed by atoms with Crippen LogP contribution in [0.15, 0.2) is 11.1 Å². The summed E-state index contributed by atoms with van der Waals surface area (Å²) in [5.41, 5.74) is 4.74. The highest BCUT2D eigenvalue weighted by Gasteiger charge is 2.56. The molecule has 0 nitrogen and oxygen atoms in total. The van der Waals surface area contributed by atoms with Crippen LogP contribution in [0.4, 0.5) is 0 Å². The highest BCUT2D eigenvalue weighted by atomic mass is 14.6. The Labute approximate surface area is 101 Å². The Morgan fingerprint density at radius 3 is 2.19 bits per heavy atom. The molecule has 0 aromatic rings. The Balaban J connectivity index is 2.17. The van der Waals surface area contributed by atoms with E-state index in [0.717, 1.165) is 11.8 Å². The second-order valence-corrected chi connectivity index (χ2v) is 7.33. The van der Waals surface area contributed by atoms with Crippen molar-refractivity contribution in [3.05, 3.63) is 11.1 Å². The van der Waals surface area contributed by atoms with Gasteiger partial charge in [-0.1, -0.05) is 31.9 Å². The zero-order chi connectivity index (χ0) is 11.6. The van der Waals surface area contributed by atoms with E-state index in [-0.39, 0.29) is 0 Å². The van der Waals surface area contributed by atoms with E-state index in [1.54, 1.807) is 5.57 Å². The lowest BCUT2D eigenvalue weighted by molar-refractivity contribution is -0.0320. The lowest BCUT2D eigenvalue weighted by Crippen LogP contribution is -2.52. The van der Waals surface area contributed by atoms with Crippen LogP contribution in [-0.4, -0.2) is 0 Å². The highest BCUT2D eigenvalue weighted by Crippen LogP contribution is 2.67. The van der Waals surface area contributed by atoms with Gasteiger partial charge in [0.05, 0.1) is 0 Å². The second-order valence-electron chi connectivity index (χ2n) is 7.33. The summed E-state index contributed by atoms with van der Waals surface area (Å²) in [5, 5.41) is 0. The first-order valence-electron chi connectivity index (χ1n) is 7.17. The van der Waals surface area contributed by atoms with Gasteiger partial charge >= 0.3 is 0 Å². The van der Waals surface area contributed by atoms with E-state index in [0.29, 0.717) is 10.8 Å². The van der Waals surface area contributed by atoms with Gasteiger partial charge in [-0.15, -0.1) is 0 Å². The number of hydrogen-bond donors (Lipinski definition) is 0. The Hall–Kier alpha value is -0.260. The van der Waals surface area contributed by atoms with Crippen molar-refractivity contribution >= 4 is 0 Å². The third-order valence-electron chi connectivity index (χ3n) is 6.50. The first-order chi connectivity index (χ1) is 7.47. The quantitative estimate of drug-likeness (QED) is 0.505. The second kappa shape index (κ2) is 3.15. The van der Waals surface area contributed by atoms with Gasteiger partial charge in [-0.2, -0.15) is 0 Å². The van der Waals surface area contributed by atoms with Crippen LogP contribution in [0.5, 0.6) is 0 Å². The maximum Gasteiger partial charge on any atom is -0.00316 e. The Bertz CT molecular complexity index is 339. The lowest BCUT2D eigenvalue weighted by atomic mass is 9.42. The molecule has 3 fully saturated rings. The molecule has 0 amide bonds. The summed E-state index contributed by atoms with van der Waals surface area (Å²) >= 11 is 0. The van der Waals surface area contributed by atoms with Crippen LogP contribution >= 0.6 is 0 Å². The molecule has 0 heterocycles. The van der Waals surface area contributed by atoms with Crippen molar-refractivity contribution in [3.8, 4) is 0 Å². The summed E-state index contributed by atoms with van der Waals surface area (Å²) in [6.45, 7) is 10.1. The van der Waals surface area contributed by atoms with Gasteiger partial charge in [0.1, 0.15) is 0 Å². The molecular formula is C16H26. The van der Waals surface area contributed by atoms with Gasteiger partial charge in [0.2, 0.25) is 0 Å². The minimum Gasteiger partial charge on any atom is -0.0732 e. The van der Waals surface area contributed by atoms with Gasteiger partial charge in [0.15, 0.2) is 0 Å². The standard InChI is InChI=1S/C16H26/c1-11-9-10-15(2,3)16(4)13-7-5-12(6-8-13)14(11)16/h12-13H,5-10H2,1-4H3. The highest BCUT2D eigenvalue weighted by molar-refractivity contribution is 5.34. The average Bonchev–Trinajstić information content (AvgIpc) is 2.26. The fourth-order valence-corrected chi connectivity index (χ4v) is 5.21. The van der Waals surface area contributed by atoms with E-state index in [4.69, 9.17) is 0 Å². The summed E-state index contributed by atoms with van der Waals surface area (Å²) in [5.74, 6) is 1.94. The third-order valence-corrected chi connectivity index (χ3v) is 6.50.